The second-order valence-electron chi connectivity index (χ2n) is 6.67. The largest absolute Gasteiger partial charge is 0.335 e. The molecule has 1 N–H and O–H groups in total. The number of nitrogens with zero attached hydrogens (tertiary/aromatic N) is 2. The van der Waals surface area contributed by atoms with E-state index in [1.807, 2.05) is 54.1 Å². The maximum absolute atomic E-state index is 13.0. The molecule has 3 aromatic rings. The van der Waals surface area contributed by atoms with E-state index in [0.29, 0.717) is 10.6 Å². The highest BCUT2D eigenvalue weighted by Crippen LogP contribution is 2.31. The molecule has 1 saturated heterocycles. The standard InChI is InChI=1S/C22H15Cl2N3O3/c1-13-9-14(12-26(13)16-5-3-2-4-6-16)10-17-20(28)25-22(30)27(21(17)29)19-8-7-15(23)11-18(19)24/h2-12H,1H3,(H,25,28,30)/b17-10-. The van der Waals surface area contributed by atoms with Crippen LogP contribution in [0.3, 0.4) is 0 Å². The van der Waals surface area contributed by atoms with Gasteiger partial charge in [-0.1, -0.05) is 41.4 Å². The quantitative estimate of drug-likeness (QED) is 0.472. The van der Waals surface area contributed by atoms with Crippen LogP contribution >= 0.6 is 23.2 Å². The van der Waals surface area contributed by atoms with E-state index in [-0.39, 0.29) is 16.3 Å². The molecule has 30 heavy (non-hydrogen) atoms. The Kier molecular flexibility index (Phi) is 5.20. The minimum atomic E-state index is -0.871. The molecule has 6 nitrogen and oxygen atoms in total. The van der Waals surface area contributed by atoms with Gasteiger partial charge in [-0.15, -0.1) is 0 Å². The molecule has 1 fully saturated rings. The van der Waals surface area contributed by atoms with Crippen LogP contribution in [0.15, 0.2) is 66.4 Å². The number of hydrogen-bond acceptors (Lipinski definition) is 3. The Morgan fingerprint density at radius 1 is 0.967 bits per heavy atom. The molecule has 0 radical (unpaired) electrons. The SMILES string of the molecule is Cc1cc(/C=C2/C(=O)NC(=O)N(c3ccc(Cl)cc3Cl)C2=O)cn1-c1ccccc1. The molecular weight excluding hydrogens is 425 g/mol. The highest BCUT2D eigenvalue weighted by molar-refractivity contribution is 6.42. The summed E-state index contributed by atoms with van der Waals surface area (Å²) < 4.78 is 1.94. The highest BCUT2D eigenvalue weighted by atomic mass is 35.5. The molecule has 0 aliphatic carbocycles. The molecule has 2 aromatic carbocycles. The Morgan fingerprint density at radius 3 is 2.40 bits per heavy atom. The Balaban J connectivity index is 1.73. The molecule has 4 amide bonds. The van der Waals surface area contributed by atoms with Crippen molar-refractivity contribution < 1.29 is 14.4 Å². The van der Waals surface area contributed by atoms with E-state index >= 15 is 0 Å². The first-order valence-corrected chi connectivity index (χ1v) is 9.71. The summed E-state index contributed by atoms with van der Waals surface area (Å²) in [6, 6.07) is 15.0. The number of anilines is 1. The molecule has 8 heteroatoms. The summed E-state index contributed by atoms with van der Waals surface area (Å²) in [4.78, 5) is 38.6. The summed E-state index contributed by atoms with van der Waals surface area (Å²) in [5.41, 5.74) is 2.48. The van der Waals surface area contributed by atoms with Crippen LogP contribution in [0, 0.1) is 6.92 Å². The molecule has 0 spiro atoms. The minimum Gasteiger partial charge on any atom is -0.321 e. The van der Waals surface area contributed by atoms with Crippen molar-refractivity contribution in [3.05, 3.63) is 87.7 Å². The topological polar surface area (TPSA) is 71.4 Å². The number of rotatable bonds is 3. The zero-order valence-corrected chi connectivity index (χ0v) is 17.2. The summed E-state index contributed by atoms with van der Waals surface area (Å²) >= 11 is 12.1. The summed E-state index contributed by atoms with van der Waals surface area (Å²) in [5.74, 6) is -1.53. The summed E-state index contributed by atoms with van der Waals surface area (Å²) in [5, 5.41) is 2.66. The Hall–Kier alpha value is -3.35. The van der Waals surface area contributed by atoms with E-state index in [4.69, 9.17) is 23.2 Å². The van der Waals surface area contributed by atoms with Gasteiger partial charge in [0.15, 0.2) is 0 Å². The van der Waals surface area contributed by atoms with E-state index < -0.39 is 17.8 Å². The third kappa shape index (κ3) is 3.63. The van der Waals surface area contributed by atoms with Crippen LogP contribution in [0.25, 0.3) is 11.8 Å². The molecule has 1 aliphatic rings. The molecule has 0 saturated carbocycles. The summed E-state index contributed by atoms with van der Waals surface area (Å²) in [6.45, 7) is 1.92. The molecule has 0 unspecified atom stereocenters. The number of amides is 4. The molecule has 1 aromatic heterocycles. The molecule has 0 atom stereocenters. The van der Waals surface area contributed by atoms with Crippen molar-refractivity contribution in [3.8, 4) is 5.69 Å². The fourth-order valence-corrected chi connectivity index (χ4v) is 3.74. The van der Waals surface area contributed by atoms with Crippen molar-refractivity contribution in [2.45, 2.75) is 6.92 Å². The summed E-state index contributed by atoms with van der Waals surface area (Å²) in [6.07, 6.45) is 3.27. The number of benzene rings is 2. The van der Waals surface area contributed by atoms with Crippen LogP contribution in [0.1, 0.15) is 11.3 Å². The second kappa shape index (κ2) is 7.82. The van der Waals surface area contributed by atoms with Gasteiger partial charge in [0.05, 0.1) is 10.7 Å². The van der Waals surface area contributed by atoms with Crippen molar-refractivity contribution in [1.29, 1.82) is 0 Å². The number of carbonyl (C=O) groups excluding carboxylic acids is 3. The lowest BCUT2D eigenvalue weighted by Crippen LogP contribution is -2.54. The van der Waals surface area contributed by atoms with Gasteiger partial charge in [-0.05, 0) is 55.0 Å². The lowest BCUT2D eigenvalue weighted by molar-refractivity contribution is -0.122. The number of aromatic nitrogens is 1. The van der Waals surface area contributed by atoms with Crippen LogP contribution < -0.4 is 10.2 Å². The van der Waals surface area contributed by atoms with E-state index in [9.17, 15) is 14.4 Å². The fraction of sp³-hybridized carbons (Fsp3) is 0.0455. The number of urea groups is 1. The predicted octanol–water partition coefficient (Wildman–Crippen LogP) is 4.76. The summed E-state index contributed by atoms with van der Waals surface area (Å²) in [7, 11) is 0. The number of hydrogen-bond donors (Lipinski definition) is 1. The average molecular weight is 440 g/mol. The van der Waals surface area contributed by atoms with Crippen molar-refractivity contribution >= 4 is 52.8 Å². The first kappa shape index (κ1) is 19.9. The van der Waals surface area contributed by atoms with E-state index in [1.165, 1.54) is 24.3 Å². The van der Waals surface area contributed by atoms with Crippen LogP contribution in [-0.4, -0.2) is 22.4 Å². The number of halogens is 2. The van der Waals surface area contributed by atoms with Gasteiger partial charge in [0.2, 0.25) is 0 Å². The first-order chi connectivity index (χ1) is 14.3. The number of aryl methyl sites for hydroxylation is 1. The van der Waals surface area contributed by atoms with E-state index in [1.54, 1.807) is 0 Å². The van der Waals surface area contributed by atoms with Gasteiger partial charge in [0.1, 0.15) is 5.57 Å². The second-order valence-corrected chi connectivity index (χ2v) is 7.52. The minimum absolute atomic E-state index is 0.116. The zero-order chi connectivity index (χ0) is 21.4. The highest BCUT2D eigenvalue weighted by Gasteiger charge is 2.37. The maximum atomic E-state index is 13.0. The molecule has 2 heterocycles. The van der Waals surface area contributed by atoms with Crippen LogP contribution in [-0.2, 0) is 9.59 Å². The number of carbonyl (C=O) groups is 3. The molecular formula is C22H15Cl2N3O3. The van der Waals surface area contributed by atoms with Gasteiger partial charge in [0.25, 0.3) is 11.8 Å². The fourth-order valence-electron chi connectivity index (χ4n) is 3.25. The van der Waals surface area contributed by atoms with Crippen molar-refractivity contribution in [2.75, 3.05) is 4.90 Å². The molecule has 150 valence electrons. The normalized spacial score (nSPS) is 15.6. The van der Waals surface area contributed by atoms with E-state index in [2.05, 4.69) is 5.32 Å². The van der Waals surface area contributed by atoms with Crippen LogP contribution in [0.2, 0.25) is 10.0 Å². The van der Waals surface area contributed by atoms with Crippen molar-refractivity contribution in [2.24, 2.45) is 0 Å². The third-order valence-electron chi connectivity index (χ3n) is 4.63. The van der Waals surface area contributed by atoms with Crippen molar-refractivity contribution in [3.63, 3.8) is 0 Å². The number of imide groups is 2. The monoisotopic (exact) mass is 439 g/mol. The Bertz CT molecular complexity index is 1220. The van der Waals surface area contributed by atoms with Crippen LogP contribution in [0.4, 0.5) is 10.5 Å². The zero-order valence-electron chi connectivity index (χ0n) is 15.7. The van der Waals surface area contributed by atoms with Crippen LogP contribution in [0.5, 0.6) is 0 Å². The lowest BCUT2D eigenvalue weighted by atomic mass is 10.1. The molecule has 1 aliphatic heterocycles. The van der Waals surface area contributed by atoms with Gasteiger partial charge in [-0.2, -0.15) is 0 Å². The number of para-hydroxylation sites is 1. The number of nitrogens with one attached hydrogen (secondary N) is 1. The van der Waals surface area contributed by atoms with E-state index in [0.717, 1.165) is 16.3 Å². The van der Waals surface area contributed by atoms with Gasteiger partial charge in [-0.25, -0.2) is 9.69 Å². The molecule has 4 rings (SSSR count). The first-order valence-electron chi connectivity index (χ1n) is 8.96. The van der Waals surface area contributed by atoms with Gasteiger partial charge >= 0.3 is 6.03 Å². The Morgan fingerprint density at radius 2 is 1.70 bits per heavy atom. The smallest absolute Gasteiger partial charge is 0.321 e. The molecule has 0 bridgehead atoms. The van der Waals surface area contributed by atoms with Crippen molar-refractivity contribution in [1.82, 2.24) is 9.88 Å². The third-order valence-corrected chi connectivity index (χ3v) is 5.17. The Labute approximate surface area is 182 Å². The predicted molar refractivity (Wildman–Crippen MR) is 116 cm³/mol. The van der Waals surface area contributed by atoms with Gasteiger partial charge < -0.3 is 4.57 Å². The average Bonchev–Trinajstić information content (AvgIpc) is 3.07. The lowest BCUT2D eigenvalue weighted by Gasteiger charge is -2.27. The number of barbiturate groups is 1. The van der Waals surface area contributed by atoms with Gasteiger partial charge in [-0.3, -0.25) is 14.9 Å². The maximum Gasteiger partial charge on any atom is 0.335 e. The van der Waals surface area contributed by atoms with Gasteiger partial charge in [0, 0.05) is 22.6 Å².